The minimum atomic E-state index is -0.390. The Morgan fingerprint density at radius 3 is 2.79 bits per heavy atom. The lowest BCUT2D eigenvalue weighted by molar-refractivity contribution is 0.0929. The first kappa shape index (κ1) is 18.9. The number of furan rings is 1. The first-order chi connectivity index (χ1) is 13.5. The number of fused-ring (bicyclic) bond motifs is 1. The maximum atomic E-state index is 12.4. The highest BCUT2D eigenvalue weighted by Crippen LogP contribution is 2.28. The number of hydrazone groups is 1. The summed E-state index contributed by atoms with van der Waals surface area (Å²) in [5.41, 5.74) is 6.26. The summed E-state index contributed by atoms with van der Waals surface area (Å²) in [6, 6.07) is 17.6. The second-order valence-electron chi connectivity index (χ2n) is 6.24. The predicted octanol–water partition coefficient (Wildman–Crippen LogP) is 5.66. The van der Waals surface area contributed by atoms with Gasteiger partial charge in [0.25, 0.3) is 0 Å². The van der Waals surface area contributed by atoms with Crippen molar-refractivity contribution in [3.05, 3.63) is 85.9 Å². The summed E-state index contributed by atoms with van der Waals surface area (Å²) in [5.74, 6) is -0.167. The van der Waals surface area contributed by atoms with E-state index in [1.165, 1.54) is 0 Å². The molecule has 2 aromatic carbocycles. The number of rotatable bonds is 4. The van der Waals surface area contributed by atoms with Crippen LogP contribution < -0.4 is 5.43 Å². The van der Waals surface area contributed by atoms with Crippen molar-refractivity contribution in [1.82, 2.24) is 9.99 Å². The topological polar surface area (TPSA) is 59.5 Å². The van der Waals surface area contributed by atoms with Crippen LogP contribution in [-0.2, 0) is 0 Å². The van der Waals surface area contributed by atoms with Gasteiger partial charge in [-0.05, 0) is 65.9 Å². The predicted molar refractivity (Wildman–Crippen MR) is 122 cm³/mol. The standard InChI is InChI=1S/C21H15BrIN3O2/c1-13-7-14(12-26(13)17-5-3-2-4-6-17)11-24-25-21(27)19-9-15-8-16(22)10-18(23)20(15)28-19/h2-12H,1H3,(H,25,27)/b24-11-. The Morgan fingerprint density at radius 1 is 1.21 bits per heavy atom. The van der Waals surface area contributed by atoms with Crippen LogP contribution in [0.15, 0.2) is 74.8 Å². The number of carbonyl (C=O) groups excluding carboxylic acids is 1. The summed E-state index contributed by atoms with van der Waals surface area (Å²) in [6.45, 7) is 2.02. The Morgan fingerprint density at radius 2 is 2.00 bits per heavy atom. The molecule has 0 saturated carbocycles. The van der Waals surface area contributed by atoms with Crippen LogP contribution in [0.3, 0.4) is 0 Å². The zero-order valence-corrected chi connectivity index (χ0v) is 18.6. The lowest BCUT2D eigenvalue weighted by Gasteiger charge is -2.04. The van der Waals surface area contributed by atoms with E-state index < -0.39 is 5.91 Å². The Balaban J connectivity index is 1.49. The maximum Gasteiger partial charge on any atom is 0.307 e. The number of amides is 1. The number of nitrogens with zero attached hydrogens (tertiary/aromatic N) is 2. The molecule has 0 aliphatic heterocycles. The molecule has 0 spiro atoms. The molecule has 2 heterocycles. The summed E-state index contributed by atoms with van der Waals surface area (Å²) >= 11 is 5.63. The molecule has 1 amide bonds. The number of benzene rings is 2. The fraction of sp³-hybridized carbons (Fsp3) is 0.0476. The van der Waals surface area contributed by atoms with E-state index in [2.05, 4.69) is 53.6 Å². The molecule has 0 bridgehead atoms. The van der Waals surface area contributed by atoms with E-state index in [1.54, 1.807) is 12.3 Å². The zero-order valence-electron chi connectivity index (χ0n) is 14.8. The van der Waals surface area contributed by atoms with Gasteiger partial charge in [0.1, 0.15) is 5.58 Å². The Hall–Kier alpha value is -2.39. The van der Waals surface area contributed by atoms with Crippen LogP contribution in [0.5, 0.6) is 0 Å². The van der Waals surface area contributed by atoms with Crippen molar-refractivity contribution in [3.63, 3.8) is 0 Å². The highest BCUT2D eigenvalue weighted by atomic mass is 127. The Labute approximate surface area is 183 Å². The molecule has 0 unspecified atom stereocenters. The molecule has 4 aromatic rings. The van der Waals surface area contributed by atoms with Crippen LogP contribution in [0.1, 0.15) is 21.8 Å². The lowest BCUT2D eigenvalue weighted by Crippen LogP contribution is -2.16. The van der Waals surface area contributed by atoms with Gasteiger partial charge < -0.3 is 8.98 Å². The molecular formula is C21H15BrIN3O2. The average molecular weight is 548 g/mol. The third kappa shape index (κ3) is 3.90. The number of hydrogen-bond donors (Lipinski definition) is 1. The van der Waals surface area contributed by atoms with Crippen LogP contribution in [0.2, 0.25) is 0 Å². The highest BCUT2D eigenvalue weighted by molar-refractivity contribution is 14.1. The summed E-state index contributed by atoms with van der Waals surface area (Å²) in [7, 11) is 0. The van der Waals surface area contributed by atoms with Crippen LogP contribution in [0.25, 0.3) is 16.7 Å². The van der Waals surface area contributed by atoms with Gasteiger partial charge in [-0.2, -0.15) is 5.10 Å². The number of nitrogens with one attached hydrogen (secondary N) is 1. The average Bonchev–Trinajstić information content (AvgIpc) is 3.26. The number of carbonyl (C=O) groups is 1. The van der Waals surface area contributed by atoms with Crippen molar-refractivity contribution in [1.29, 1.82) is 0 Å². The van der Waals surface area contributed by atoms with Gasteiger partial charge in [-0.1, -0.05) is 34.1 Å². The number of aromatic nitrogens is 1. The van der Waals surface area contributed by atoms with Crippen LogP contribution >= 0.6 is 38.5 Å². The summed E-state index contributed by atoms with van der Waals surface area (Å²) in [5, 5.41) is 4.93. The third-order valence-electron chi connectivity index (χ3n) is 4.21. The van der Waals surface area contributed by atoms with Gasteiger partial charge in [0.2, 0.25) is 0 Å². The molecule has 0 aliphatic rings. The summed E-state index contributed by atoms with van der Waals surface area (Å²) in [4.78, 5) is 12.4. The van der Waals surface area contributed by atoms with E-state index >= 15 is 0 Å². The monoisotopic (exact) mass is 547 g/mol. The molecule has 0 fully saturated rings. The van der Waals surface area contributed by atoms with Gasteiger partial charge in [-0.25, -0.2) is 5.43 Å². The minimum absolute atomic E-state index is 0.223. The van der Waals surface area contributed by atoms with Crippen molar-refractivity contribution >= 4 is 61.6 Å². The molecule has 0 aliphatic carbocycles. The molecule has 28 heavy (non-hydrogen) atoms. The number of aryl methyl sites for hydroxylation is 1. The largest absolute Gasteiger partial charge is 0.450 e. The van der Waals surface area contributed by atoms with Crippen LogP contribution in [-0.4, -0.2) is 16.7 Å². The number of halogens is 2. The maximum absolute atomic E-state index is 12.4. The lowest BCUT2D eigenvalue weighted by atomic mass is 10.2. The van der Waals surface area contributed by atoms with Crippen molar-refractivity contribution in [2.45, 2.75) is 6.92 Å². The molecule has 7 heteroatoms. The van der Waals surface area contributed by atoms with Gasteiger partial charge in [0, 0.05) is 33.0 Å². The van der Waals surface area contributed by atoms with Gasteiger partial charge in [-0.15, -0.1) is 0 Å². The van der Waals surface area contributed by atoms with Crippen LogP contribution in [0.4, 0.5) is 0 Å². The number of para-hydroxylation sites is 1. The molecule has 1 N–H and O–H groups in total. The van der Waals surface area contributed by atoms with Gasteiger partial charge in [0.05, 0.1) is 9.78 Å². The van der Waals surface area contributed by atoms with E-state index in [1.807, 2.05) is 61.7 Å². The fourth-order valence-electron chi connectivity index (χ4n) is 2.94. The molecule has 0 atom stereocenters. The Kier molecular flexibility index (Phi) is 5.36. The second kappa shape index (κ2) is 7.92. The van der Waals surface area contributed by atoms with E-state index in [0.717, 1.165) is 30.4 Å². The molecule has 4 rings (SSSR count). The van der Waals surface area contributed by atoms with Gasteiger partial charge in [0.15, 0.2) is 5.76 Å². The van der Waals surface area contributed by atoms with E-state index in [9.17, 15) is 4.79 Å². The molecule has 2 aromatic heterocycles. The number of hydrogen-bond acceptors (Lipinski definition) is 3. The first-order valence-corrected chi connectivity index (χ1v) is 10.3. The zero-order chi connectivity index (χ0) is 19.7. The van der Waals surface area contributed by atoms with Crippen molar-refractivity contribution in [2.75, 3.05) is 0 Å². The molecule has 140 valence electrons. The molecule has 0 saturated heterocycles. The van der Waals surface area contributed by atoms with Crippen LogP contribution in [0, 0.1) is 10.5 Å². The quantitative estimate of drug-likeness (QED) is 0.203. The van der Waals surface area contributed by atoms with E-state index in [4.69, 9.17) is 4.42 Å². The van der Waals surface area contributed by atoms with Gasteiger partial charge >= 0.3 is 5.91 Å². The fourth-order valence-corrected chi connectivity index (χ4v) is 4.61. The third-order valence-corrected chi connectivity index (χ3v) is 5.47. The minimum Gasteiger partial charge on any atom is -0.450 e. The van der Waals surface area contributed by atoms with E-state index in [0.29, 0.717) is 5.58 Å². The molecule has 5 nitrogen and oxygen atoms in total. The smallest absolute Gasteiger partial charge is 0.307 e. The Bertz CT molecular complexity index is 1200. The highest BCUT2D eigenvalue weighted by Gasteiger charge is 2.14. The second-order valence-corrected chi connectivity index (χ2v) is 8.31. The van der Waals surface area contributed by atoms with Crippen molar-refractivity contribution in [2.24, 2.45) is 5.10 Å². The summed E-state index contributed by atoms with van der Waals surface area (Å²) < 4.78 is 9.62. The SMILES string of the molecule is Cc1cc(/C=N\NC(=O)c2cc3cc(Br)cc(I)c3o2)cn1-c1ccccc1. The van der Waals surface area contributed by atoms with Crippen molar-refractivity contribution < 1.29 is 9.21 Å². The molecular weight excluding hydrogens is 533 g/mol. The normalized spacial score (nSPS) is 11.4. The van der Waals surface area contributed by atoms with E-state index in [-0.39, 0.29) is 5.76 Å². The molecule has 0 radical (unpaired) electrons. The first-order valence-electron chi connectivity index (χ1n) is 8.47. The summed E-state index contributed by atoms with van der Waals surface area (Å²) in [6.07, 6.45) is 3.59. The van der Waals surface area contributed by atoms with Crippen molar-refractivity contribution in [3.8, 4) is 5.69 Å². The van der Waals surface area contributed by atoms with Gasteiger partial charge in [-0.3, -0.25) is 4.79 Å².